The summed E-state index contributed by atoms with van der Waals surface area (Å²) in [4.78, 5) is 32.0. The van der Waals surface area contributed by atoms with E-state index in [0.717, 1.165) is 34.7 Å². The Bertz CT molecular complexity index is 997. The summed E-state index contributed by atoms with van der Waals surface area (Å²) in [7, 11) is 1.59. The van der Waals surface area contributed by atoms with E-state index in [1.807, 2.05) is 17.5 Å². The fourth-order valence-corrected chi connectivity index (χ4v) is 5.05. The van der Waals surface area contributed by atoms with Crippen molar-refractivity contribution in [2.24, 2.45) is 0 Å². The van der Waals surface area contributed by atoms with Crippen LogP contribution in [0.2, 0.25) is 0 Å². The van der Waals surface area contributed by atoms with E-state index in [2.05, 4.69) is 15.6 Å². The molecule has 0 bridgehead atoms. The van der Waals surface area contributed by atoms with Crippen molar-refractivity contribution in [2.45, 2.75) is 31.7 Å². The zero-order valence-corrected chi connectivity index (χ0v) is 17.6. The summed E-state index contributed by atoms with van der Waals surface area (Å²) in [5, 5.41) is 8.42. The van der Waals surface area contributed by atoms with Crippen molar-refractivity contribution < 1.29 is 14.3 Å². The van der Waals surface area contributed by atoms with Gasteiger partial charge in [-0.15, -0.1) is 22.7 Å². The van der Waals surface area contributed by atoms with Crippen molar-refractivity contribution in [2.75, 3.05) is 12.4 Å². The number of hydrogen-bond donors (Lipinski definition) is 2. The first-order valence-corrected chi connectivity index (χ1v) is 11.1. The zero-order valence-electron chi connectivity index (χ0n) is 15.9. The van der Waals surface area contributed by atoms with Crippen LogP contribution in [0.3, 0.4) is 0 Å². The molecule has 0 unspecified atom stereocenters. The van der Waals surface area contributed by atoms with Gasteiger partial charge >= 0.3 is 0 Å². The summed E-state index contributed by atoms with van der Waals surface area (Å²) < 4.78 is 5.12. The van der Waals surface area contributed by atoms with E-state index < -0.39 is 0 Å². The summed E-state index contributed by atoms with van der Waals surface area (Å²) >= 11 is 3.08. The van der Waals surface area contributed by atoms with E-state index in [1.165, 1.54) is 11.3 Å². The number of amides is 2. The molecule has 150 valence electrons. The molecule has 4 rings (SSSR count). The molecule has 1 aliphatic carbocycles. The fourth-order valence-electron chi connectivity index (χ4n) is 3.35. The van der Waals surface area contributed by atoms with Crippen LogP contribution < -0.4 is 15.4 Å². The van der Waals surface area contributed by atoms with E-state index in [1.54, 1.807) is 42.7 Å². The molecular formula is C21H21N3O3S2. The van der Waals surface area contributed by atoms with Crippen LogP contribution in [0.25, 0.3) is 0 Å². The smallest absolute Gasteiger partial charge is 0.257 e. The number of carbonyl (C=O) groups is 2. The average molecular weight is 428 g/mol. The number of aryl methyl sites for hydroxylation is 1. The topological polar surface area (TPSA) is 80.3 Å². The molecular weight excluding hydrogens is 406 g/mol. The number of thiophene rings is 1. The lowest BCUT2D eigenvalue weighted by Gasteiger charge is -2.20. The number of anilines is 1. The van der Waals surface area contributed by atoms with Crippen molar-refractivity contribution >= 4 is 39.6 Å². The first-order valence-electron chi connectivity index (χ1n) is 9.39. The van der Waals surface area contributed by atoms with Gasteiger partial charge in [-0.2, -0.15) is 0 Å². The number of benzene rings is 1. The van der Waals surface area contributed by atoms with Crippen molar-refractivity contribution in [1.82, 2.24) is 10.3 Å². The highest BCUT2D eigenvalue weighted by Gasteiger charge is 2.30. The molecule has 6 nitrogen and oxygen atoms in total. The number of nitrogens with zero attached hydrogens (tertiary/aromatic N) is 1. The third-order valence-electron chi connectivity index (χ3n) is 4.86. The molecule has 8 heteroatoms. The van der Waals surface area contributed by atoms with Crippen LogP contribution in [-0.4, -0.2) is 23.9 Å². The summed E-state index contributed by atoms with van der Waals surface area (Å²) in [6, 6.07) is 10.9. The van der Waals surface area contributed by atoms with Crippen LogP contribution in [0.5, 0.6) is 5.75 Å². The molecule has 3 aromatic rings. The summed E-state index contributed by atoms with van der Waals surface area (Å²) in [5.74, 6) is 0.208. The standard InChI is InChI=1S/C21H21N3O3S2/c1-27-14-9-7-13(8-10-14)19(25)24-21-23-18-16(5-2-6-17(18)29-21)20(26)22-12-15-4-3-11-28-15/h3-4,7-11,16H,2,5-6,12H2,1H3,(H,22,26)(H,23,24,25)/t16-/m0/s1. The van der Waals surface area contributed by atoms with Gasteiger partial charge in [0.25, 0.3) is 5.91 Å². The third kappa shape index (κ3) is 4.49. The molecule has 29 heavy (non-hydrogen) atoms. The molecule has 2 N–H and O–H groups in total. The normalized spacial score (nSPS) is 15.4. The van der Waals surface area contributed by atoms with Gasteiger partial charge in [-0.25, -0.2) is 4.98 Å². The Morgan fingerprint density at radius 1 is 1.24 bits per heavy atom. The number of ether oxygens (including phenoxy) is 1. The summed E-state index contributed by atoms with van der Waals surface area (Å²) in [5.41, 5.74) is 1.33. The number of aromatic nitrogens is 1. The van der Waals surface area contributed by atoms with Gasteiger partial charge < -0.3 is 10.1 Å². The van der Waals surface area contributed by atoms with E-state index >= 15 is 0 Å². The van der Waals surface area contributed by atoms with Crippen LogP contribution in [0.1, 0.15) is 44.6 Å². The van der Waals surface area contributed by atoms with Gasteiger partial charge in [0.2, 0.25) is 5.91 Å². The van der Waals surface area contributed by atoms with Crippen molar-refractivity contribution in [3.63, 3.8) is 0 Å². The second-order valence-corrected chi connectivity index (χ2v) is 8.87. The first kappa shape index (κ1) is 19.6. The Labute approximate surface area is 176 Å². The highest BCUT2D eigenvalue weighted by atomic mass is 32.1. The largest absolute Gasteiger partial charge is 0.497 e. The van der Waals surface area contributed by atoms with Crippen LogP contribution in [0.15, 0.2) is 41.8 Å². The number of hydrogen-bond acceptors (Lipinski definition) is 6. The predicted molar refractivity (Wildman–Crippen MR) is 115 cm³/mol. The Balaban J connectivity index is 1.44. The maximum absolute atomic E-state index is 12.7. The van der Waals surface area contributed by atoms with Crippen molar-refractivity contribution in [3.8, 4) is 5.75 Å². The first-order chi connectivity index (χ1) is 14.1. The predicted octanol–water partition coefficient (Wildman–Crippen LogP) is 4.20. The highest BCUT2D eigenvalue weighted by Crippen LogP contribution is 2.37. The van der Waals surface area contributed by atoms with Gasteiger partial charge in [-0.05, 0) is 55.0 Å². The van der Waals surface area contributed by atoms with E-state index in [4.69, 9.17) is 4.74 Å². The highest BCUT2D eigenvalue weighted by molar-refractivity contribution is 7.16. The molecule has 2 amide bonds. The molecule has 2 aromatic heterocycles. The molecule has 0 fully saturated rings. The van der Waals surface area contributed by atoms with Crippen LogP contribution in [0, 0.1) is 0 Å². The third-order valence-corrected chi connectivity index (χ3v) is 6.78. The molecule has 0 saturated carbocycles. The van der Waals surface area contributed by atoms with E-state index in [-0.39, 0.29) is 17.7 Å². The van der Waals surface area contributed by atoms with Crippen LogP contribution in [0.4, 0.5) is 5.13 Å². The monoisotopic (exact) mass is 427 g/mol. The average Bonchev–Trinajstić information content (AvgIpc) is 3.41. The Morgan fingerprint density at radius 3 is 2.79 bits per heavy atom. The lowest BCUT2D eigenvalue weighted by Crippen LogP contribution is -2.30. The number of methoxy groups -OCH3 is 1. The van der Waals surface area contributed by atoms with E-state index in [9.17, 15) is 9.59 Å². The maximum atomic E-state index is 12.7. The minimum Gasteiger partial charge on any atom is -0.497 e. The van der Waals surface area contributed by atoms with Gasteiger partial charge in [0.1, 0.15) is 5.75 Å². The van der Waals surface area contributed by atoms with Gasteiger partial charge in [0, 0.05) is 15.3 Å². The number of thiazole rings is 1. The quantitative estimate of drug-likeness (QED) is 0.618. The maximum Gasteiger partial charge on any atom is 0.257 e. The zero-order chi connectivity index (χ0) is 20.2. The molecule has 0 radical (unpaired) electrons. The van der Waals surface area contributed by atoms with E-state index in [0.29, 0.717) is 23.0 Å². The number of nitrogens with one attached hydrogen (secondary N) is 2. The molecule has 2 heterocycles. The molecule has 1 atom stereocenters. The molecule has 0 saturated heterocycles. The second kappa shape index (κ2) is 8.75. The second-order valence-electron chi connectivity index (χ2n) is 6.75. The number of fused-ring (bicyclic) bond motifs is 1. The van der Waals surface area contributed by atoms with Gasteiger partial charge in [-0.1, -0.05) is 6.07 Å². The minimum atomic E-state index is -0.262. The number of carbonyl (C=O) groups excluding carboxylic acids is 2. The van der Waals surface area contributed by atoms with Crippen LogP contribution in [-0.2, 0) is 17.8 Å². The van der Waals surface area contributed by atoms with Gasteiger partial charge in [-0.3, -0.25) is 14.9 Å². The van der Waals surface area contributed by atoms with Crippen molar-refractivity contribution in [3.05, 3.63) is 62.8 Å². The lowest BCUT2D eigenvalue weighted by atomic mass is 9.90. The number of rotatable bonds is 6. The van der Waals surface area contributed by atoms with Crippen molar-refractivity contribution in [1.29, 1.82) is 0 Å². The Hall–Kier alpha value is -2.71. The van der Waals surface area contributed by atoms with Gasteiger partial charge in [0.05, 0.1) is 25.3 Å². The minimum absolute atomic E-state index is 0.00215. The van der Waals surface area contributed by atoms with Crippen LogP contribution >= 0.6 is 22.7 Å². The SMILES string of the molecule is COc1ccc(C(=O)Nc2nc3c(s2)CCC[C@@H]3C(=O)NCc2cccs2)cc1. The lowest BCUT2D eigenvalue weighted by molar-refractivity contribution is -0.123. The Kier molecular flexibility index (Phi) is 5.92. The fraction of sp³-hybridized carbons (Fsp3) is 0.286. The molecule has 1 aliphatic rings. The Morgan fingerprint density at radius 2 is 2.07 bits per heavy atom. The van der Waals surface area contributed by atoms with Gasteiger partial charge in [0.15, 0.2) is 5.13 Å². The summed E-state index contributed by atoms with van der Waals surface area (Å²) in [6.45, 7) is 0.535. The molecule has 0 spiro atoms. The molecule has 0 aliphatic heterocycles. The molecule has 1 aromatic carbocycles. The summed E-state index contributed by atoms with van der Waals surface area (Å²) in [6.07, 6.45) is 2.61.